The number of thiophene rings is 1. The Morgan fingerprint density at radius 2 is 2.33 bits per heavy atom. The number of nitrogens with one attached hydrogen (secondary N) is 1. The van der Waals surface area contributed by atoms with Gasteiger partial charge in [0.2, 0.25) is 0 Å². The molecule has 0 atom stereocenters. The minimum atomic E-state index is 0.812. The summed E-state index contributed by atoms with van der Waals surface area (Å²) >= 11 is 5.02. The Bertz CT molecular complexity index is 442. The first-order chi connectivity index (χ1) is 7.28. The van der Waals surface area contributed by atoms with E-state index in [-0.39, 0.29) is 0 Å². The zero-order chi connectivity index (χ0) is 10.7. The summed E-state index contributed by atoms with van der Waals surface area (Å²) in [5.74, 6) is 1.66. The van der Waals surface area contributed by atoms with Crippen molar-refractivity contribution >= 4 is 38.8 Å². The van der Waals surface area contributed by atoms with E-state index in [9.17, 15) is 0 Å². The maximum Gasteiger partial charge on any atom is 0.135 e. The molecular formula is C10H10BrN3S. The summed E-state index contributed by atoms with van der Waals surface area (Å²) in [4.78, 5) is 8.63. The summed E-state index contributed by atoms with van der Waals surface area (Å²) < 4.78 is 0.812. The van der Waals surface area contributed by atoms with Crippen LogP contribution in [0, 0.1) is 0 Å². The lowest BCUT2D eigenvalue weighted by atomic mass is 10.4. The Kier molecular flexibility index (Phi) is 3.33. The van der Waals surface area contributed by atoms with Gasteiger partial charge >= 0.3 is 0 Å². The van der Waals surface area contributed by atoms with Crippen LogP contribution in [0.15, 0.2) is 27.5 Å². The SMILES string of the molecule is CCc1nc(Br)cc(Nc2ccsc2)n1. The highest BCUT2D eigenvalue weighted by Gasteiger charge is 2.01. The number of hydrogen-bond acceptors (Lipinski definition) is 4. The van der Waals surface area contributed by atoms with Crippen LogP contribution in [0.2, 0.25) is 0 Å². The maximum atomic E-state index is 4.38. The van der Waals surface area contributed by atoms with Gasteiger partial charge in [0, 0.05) is 17.9 Å². The van der Waals surface area contributed by atoms with Gasteiger partial charge in [0.15, 0.2) is 0 Å². The number of rotatable bonds is 3. The number of aromatic nitrogens is 2. The Hall–Kier alpha value is -0.940. The van der Waals surface area contributed by atoms with Crippen LogP contribution >= 0.6 is 27.3 Å². The summed E-state index contributed by atoms with van der Waals surface area (Å²) in [5.41, 5.74) is 1.06. The second-order valence-electron chi connectivity index (χ2n) is 2.98. The van der Waals surface area contributed by atoms with Gasteiger partial charge in [-0.1, -0.05) is 6.92 Å². The molecule has 2 rings (SSSR count). The predicted octanol–water partition coefficient (Wildman–Crippen LogP) is 3.61. The molecule has 0 aliphatic heterocycles. The molecule has 15 heavy (non-hydrogen) atoms. The van der Waals surface area contributed by atoms with E-state index in [2.05, 4.69) is 31.2 Å². The smallest absolute Gasteiger partial charge is 0.135 e. The molecule has 0 fully saturated rings. The molecule has 0 aromatic carbocycles. The van der Waals surface area contributed by atoms with Crippen molar-refractivity contribution in [2.24, 2.45) is 0 Å². The third-order valence-electron chi connectivity index (χ3n) is 1.85. The fraction of sp³-hybridized carbons (Fsp3) is 0.200. The fourth-order valence-corrected chi connectivity index (χ4v) is 2.18. The fourth-order valence-electron chi connectivity index (χ4n) is 1.17. The highest BCUT2D eigenvalue weighted by Crippen LogP contribution is 2.19. The van der Waals surface area contributed by atoms with Crippen molar-refractivity contribution in [3.63, 3.8) is 0 Å². The van der Waals surface area contributed by atoms with E-state index in [1.54, 1.807) is 11.3 Å². The standard InChI is InChI=1S/C10H10BrN3S/c1-2-9-13-8(11)5-10(14-9)12-7-3-4-15-6-7/h3-6H,2H2,1H3,(H,12,13,14). The second kappa shape index (κ2) is 4.72. The molecule has 78 valence electrons. The molecule has 2 aromatic rings. The van der Waals surface area contributed by atoms with Crippen molar-refractivity contribution in [1.82, 2.24) is 9.97 Å². The molecule has 0 aliphatic carbocycles. The number of hydrogen-bond donors (Lipinski definition) is 1. The molecule has 0 bridgehead atoms. The van der Waals surface area contributed by atoms with Gasteiger partial charge in [0.25, 0.3) is 0 Å². The van der Waals surface area contributed by atoms with E-state index < -0.39 is 0 Å². The molecule has 0 unspecified atom stereocenters. The van der Waals surface area contributed by atoms with Crippen molar-refractivity contribution in [3.05, 3.63) is 33.3 Å². The molecule has 0 spiro atoms. The average molecular weight is 284 g/mol. The summed E-state index contributed by atoms with van der Waals surface area (Å²) in [6.07, 6.45) is 0.831. The normalized spacial score (nSPS) is 10.3. The molecule has 0 radical (unpaired) electrons. The maximum absolute atomic E-state index is 4.38. The Labute approximate surface area is 101 Å². The summed E-state index contributed by atoms with van der Waals surface area (Å²) in [6, 6.07) is 3.89. The van der Waals surface area contributed by atoms with Crippen molar-refractivity contribution in [2.45, 2.75) is 13.3 Å². The minimum absolute atomic E-state index is 0.812. The third-order valence-corrected chi connectivity index (χ3v) is 2.94. The third kappa shape index (κ3) is 2.76. The molecule has 2 heterocycles. The highest BCUT2D eigenvalue weighted by molar-refractivity contribution is 9.10. The average Bonchev–Trinajstić information content (AvgIpc) is 2.69. The van der Waals surface area contributed by atoms with Gasteiger partial charge in [0.05, 0.1) is 5.69 Å². The van der Waals surface area contributed by atoms with E-state index in [0.29, 0.717) is 0 Å². The van der Waals surface area contributed by atoms with E-state index in [4.69, 9.17) is 0 Å². The second-order valence-corrected chi connectivity index (χ2v) is 4.58. The van der Waals surface area contributed by atoms with Crippen LogP contribution in [0.4, 0.5) is 11.5 Å². The summed E-state index contributed by atoms with van der Waals surface area (Å²) in [5, 5.41) is 7.30. The quantitative estimate of drug-likeness (QED) is 0.875. The van der Waals surface area contributed by atoms with Crippen LogP contribution in [-0.4, -0.2) is 9.97 Å². The topological polar surface area (TPSA) is 37.8 Å². The highest BCUT2D eigenvalue weighted by atomic mass is 79.9. The lowest BCUT2D eigenvalue weighted by Crippen LogP contribution is -1.98. The first-order valence-corrected chi connectivity index (χ1v) is 6.34. The van der Waals surface area contributed by atoms with Gasteiger partial charge in [-0.15, -0.1) is 0 Å². The summed E-state index contributed by atoms with van der Waals surface area (Å²) in [7, 11) is 0. The van der Waals surface area contributed by atoms with Crippen LogP contribution in [0.1, 0.15) is 12.7 Å². The largest absolute Gasteiger partial charge is 0.339 e. The van der Waals surface area contributed by atoms with Crippen LogP contribution in [0.3, 0.4) is 0 Å². The Morgan fingerprint density at radius 1 is 1.47 bits per heavy atom. The predicted molar refractivity (Wildman–Crippen MR) is 66.7 cm³/mol. The van der Waals surface area contributed by atoms with E-state index in [0.717, 1.165) is 28.4 Å². The van der Waals surface area contributed by atoms with Crippen LogP contribution in [0.5, 0.6) is 0 Å². The lowest BCUT2D eigenvalue weighted by molar-refractivity contribution is 0.931. The molecule has 0 saturated carbocycles. The van der Waals surface area contributed by atoms with Crippen molar-refractivity contribution < 1.29 is 0 Å². The first-order valence-electron chi connectivity index (χ1n) is 4.60. The molecule has 1 N–H and O–H groups in total. The van der Waals surface area contributed by atoms with Gasteiger partial charge in [-0.2, -0.15) is 11.3 Å². The Balaban J connectivity index is 2.24. The van der Waals surface area contributed by atoms with Gasteiger partial charge in [0.1, 0.15) is 16.2 Å². The van der Waals surface area contributed by atoms with E-state index in [1.165, 1.54) is 0 Å². The van der Waals surface area contributed by atoms with Crippen LogP contribution in [0.25, 0.3) is 0 Å². The van der Waals surface area contributed by atoms with Crippen LogP contribution in [-0.2, 0) is 6.42 Å². The first kappa shape index (κ1) is 10.6. The zero-order valence-electron chi connectivity index (χ0n) is 8.20. The molecular weight excluding hydrogens is 274 g/mol. The molecule has 5 heteroatoms. The molecule has 0 aliphatic rings. The van der Waals surface area contributed by atoms with Crippen LogP contribution < -0.4 is 5.32 Å². The van der Waals surface area contributed by atoms with Crippen molar-refractivity contribution in [1.29, 1.82) is 0 Å². The van der Waals surface area contributed by atoms with Gasteiger partial charge in [-0.25, -0.2) is 9.97 Å². The summed E-state index contributed by atoms with van der Waals surface area (Å²) in [6.45, 7) is 2.04. The lowest BCUT2D eigenvalue weighted by Gasteiger charge is -2.05. The zero-order valence-corrected chi connectivity index (χ0v) is 10.6. The van der Waals surface area contributed by atoms with E-state index >= 15 is 0 Å². The van der Waals surface area contributed by atoms with Gasteiger partial charge < -0.3 is 5.32 Å². The van der Waals surface area contributed by atoms with Gasteiger partial charge in [-0.3, -0.25) is 0 Å². The number of anilines is 2. The molecule has 2 aromatic heterocycles. The number of aryl methyl sites for hydroxylation is 1. The van der Waals surface area contributed by atoms with Crippen molar-refractivity contribution in [2.75, 3.05) is 5.32 Å². The Morgan fingerprint density at radius 3 is 3.00 bits per heavy atom. The van der Waals surface area contributed by atoms with Crippen molar-refractivity contribution in [3.8, 4) is 0 Å². The van der Waals surface area contributed by atoms with E-state index in [1.807, 2.05) is 29.8 Å². The van der Waals surface area contributed by atoms with Gasteiger partial charge in [-0.05, 0) is 27.4 Å². The number of halogens is 1. The molecule has 3 nitrogen and oxygen atoms in total. The minimum Gasteiger partial charge on any atom is -0.339 e. The number of nitrogens with zero attached hydrogens (tertiary/aromatic N) is 2. The monoisotopic (exact) mass is 283 g/mol. The molecule has 0 amide bonds. The molecule has 0 saturated heterocycles.